The maximum Gasteiger partial charge on any atom is 0.256 e. The monoisotopic (exact) mass is 590 g/mol. The van der Waals surface area contributed by atoms with Crippen LogP contribution >= 0.6 is 11.6 Å². The molecule has 11 nitrogen and oxygen atoms in total. The maximum atomic E-state index is 13.4. The van der Waals surface area contributed by atoms with Gasteiger partial charge in [-0.1, -0.05) is 67.4 Å². The number of aromatic nitrogens is 7. The van der Waals surface area contributed by atoms with Gasteiger partial charge in [0.05, 0.1) is 17.9 Å². The van der Waals surface area contributed by atoms with Crippen LogP contribution in [0.1, 0.15) is 47.1 Å². The highest BCUT2D eigenvalue weighted by Gasteiger charge is 2.25. The lowest BCUT2D eigenvalue weighted by molar-refractivity contribution is 0.102. The number of benzene rings is 3. The van der Waals surface area contributed by atoms with Crippen LogP contribution in [0.4, 0.5) is 5.69 Å². The number of anilines is 1. The van der Waals surface area contributed by atoms with E-state index in [-0.39, 0.29) is 23.4 Å². The number of amides is 1. The molecule has 2 aromatic heterocycles. The molecule has 1 amide bonds. The Morgan fingerprint density at radius 2 is 1.68 bits per heavy atom. The second-order valence-corrected chi connectivity index (χ2v) is 11.7. The Bertz CT molecular complexity index is 1740. The molecule has 0 aliphatic heterocycles. The second kappa shape index (κ2) is 12.4. The van der Waals surface area contributed by atoms with E-state index in [0.29, 0.717) is 45.5 Å². The Morgan fingerprint density at radius 1 is 0.951 bits per heavy atom. The number of aromatic amines is 1. The minimum absolute atomic E-state index is 0.0750. The average Bonchev–Trinajstić information content (AvgIpc) is 3.65. The summed E-state index contributed by atoms with van der Waals surface area (Å²) in [5.41, 5.74) is 2.97. The number of hydrogen-bond donors (Lipinski definition) is 2. The Balaban J connectivity index is 1.35. The largest absolute Gasteiger partial charge is 0.322 e. The van der Waals surface area contributed by atoms with E-state index >= 15 is 0 Å². The van der Waals surface area contributed by atoms with Crippen molar-refractivity contribution < 1.29 is 13.2 Å². The van der Waals surface area contributed by atoms with Crippen LogP contribution < -0.4 is 5.32 Å². The van der Waals surface area contributed by atoms with Crippen molar-refractivity contribution in [2.24, 2.45) is 0 Å². The first-order valence-electron chi connectivity index (χ1n) is 13.0. The normalized spacial score (nSPS) is 11.5. The van der Waals surface area contributed by atoms with Crippen molar-refractivity contribution in [3.63, 3.8) is 0 Å². The van der Waals surface area contributed by atoms with Crippen molar-refractivity contribution in [2.75, 3.05) is 5.32 Å². The fourth-order valence-electron chi connectivity index (χ4n) is 4.32. The third kappa shape index (κ3) is 6.67. The van der Waals surface area contributed by atoms with Crippen molar-refractivity contribution in [3.8, 4) is 11.4 Å². The summed E-state index contributed by atoms with van der Waals surface area (Å²) in [4.78, 5) is 13.0. The van der Waals surface area contributed by atoms with E-state index in [0.717, 1.165) is 18.4 Å². The van der Waals surface area contributed by atoms with Crippen LogP contribution in [0.5, 0.6) is 0 Å². The van der Waals surface area contributed by atoms with E-state index in [2.05, 4.69) is 43.1 Å². The lowest BCUT2D eigenvalue weighted by atomic mass is 10.1. The third-order valence-electron chi connectivity index (χ3n) is 6.41. The fourth-order valence-corrected chi connectivity index (χ4v) is 5.88. The van der Waals surface area contributed by atoms with Gasteiger partial charge in [-0.3, -0.25) is 9.36 Å². The summed E-state index contributed by atoms with van der Waals surface area (Å²) >= 11 is 5.96. The molecule has 0 bridgehead atoms. The van der Waals surface area contributed by atoms with Crippen LogP contribution in [0.3, 0.4) is 0 Å². The number of carbonyl (C=O) groups is 1. The zero-order chi connectivity index (χ0) is 28.8. The van der Waals surface area contributed by atoms with Crippen molar-refractivity contribution in [1.82, 2.24) is 35.4 Å². The predicted octanol–water partition coefficient (Wildman–Crippen LogP) is 4.73. The molecule has 0 saturated heterocycles. The van der Waals surface area contributed by atoms with Gasteiger partial charge >= 0.3 is 0 Å². The van der Waals surface area contributed by atoms with E-state index in [1.165, 1.54) is 0 Å². The van der Waals surface area contributed by atoms with E-state index in [4.69, 9.17) is 11.6 Å². The molecule has 0 atom stereocenters. The first kappa shape index (κ1) is 28.1. The number of hydrogen-bond acceptors (Lipinski definition) is 8. The highest BCUT2D eigenvalue weighted by atomic mass is 35.5. The molecule has 210 valence electrons. The van der Waals surface area contributed by atoms with Crippen molar-refractivity contribution >= 4 is 33.0 Å². The predicted molar refractivity (Wildman–Crippen MR) is 154 cm³/mol. The SMILES string of the molecule is CCCCc1nnc(S(=O)(=O)Cc2ccc(Cl)cc2)n1Cc1ccc(NC(=O)c2ccccc2-c2nn[nH]n2)cc1. The molecule has 41 heavy (non-hydrogen) atoms. The van der Waals surface area contributed by atoms with Gasteiger partial charge in [0.2, 0.25) is 20.8 Å². The molecule has 0 radical (unpaired) electrons. The van der Waals surface area contributed by atoms with E-state index in [1.807, 2.05) is 12.1 Å². The molecule has 0 aliphatic rings. The quantitative estimate of drug-likeness (QED) is 0.224. The lowest BCUT2D eigenvalue weighted by Gasteiger charge is -2.12. The minimum atomic E-state index is -3.79. The number of rotatable bonds is 11. The molecule has 13 heteroatoms. The topological polar surface area (TPSA) is 148 Å². The average molecular weight is 591 g/mol. The van der Waals surface area contributed by atoms with E-state index in [1.54, 1.807) is 65.2 Å². The fraction of sp³-hybridized carbons (Fsp3) is 0.214. The Kier molecular flexibility index (Phi) is 8.50. The number of unbranched alkanes of at least 4 members (excludes halogenated alkanes) is 1. The molecule has 0 unspecified atom stereocenters. The molecule has 0 fully saturated rings. The summed E-state index contributed by atoms with van der Waals surface area (Å²) in [6.45, 7) is 2.32. The number of tetrazole rings is 1. The van der Waals surface area contributed by atoms with Crippen molar-refractivity contribution in [2.45, 2.75) is 43.6 Å². The second-order valence-electron chi connectivity index (χ2n) is 9.41. The summed E-state index contributed by atoms with van der Waals surface area (Å²) in [5.74, 6) is 0.388. The number of aryl methyl sites for hydroxylation is 1. The molecular weight excluding hydrogens is 564 g/mol. The Morgan fingerprint density at radius 3 is 2.39 bits per heavy atom. The van der Waals surface area contributed by atoms with Gasteiger partial charge in [0.1, 0.15) is 5.82 Å². The molecule has 0 spiro atoms. The molecule has 5 rings (SSSR count). The van der Waals surface area contributed by atoms with Crippen LogP contribution in [0, 0.1) is 0 Å². The number of nitrogens with one attached hydrogen (secondary N) is 2. The van der Waals surface area contributed by atoms with Gasteiger partial charge in [-0.25, -0.2) is 8.42 Å². The first-order chi connectivity index (χ1) is 19.8. The number of sulfone groups is 1. The molecule has 2 N–H and O–H groups in total. The molecule has 5 aromatic rings. The lowest BCUT2D eigenvalue weighted by Crippen LogP contribution is -2.16. The third-order valence-corrected chi connectivity index (χ3v) is 8.23. The zero-order valence-electron chi connectivity index (χ0n) is 22.2. The van der Waals surface area contributed by atoms with Crippen LogP contribution in [0.2, 0.25) is 5.02 Å². The summed E-state index contributed by atoms with van der Waals surface area (Å²) in [6, 6.07) is 20.9. The van der Waals surface area contributed by atoms with E-state index in [9.17, 15) is 13.2 Å². The van der Waals surface area contributed by atoms with Crippen LogP contribution in [-0.2, 0) is 28.6 Å². The smallest absolute Gasteiger partial charge is 0.256 e. The highest BCUT2D eigenvalue weighted by molar-refractivity contribution is 7.90. The Labute approximate surface area is 241 Å². The molecule has 3 aromatic carbocycles. The van der Waals surface area contributed by atoms with Gasteiger partial charge in [-0.05, 0) is 53.1 Å². The summed E-state index contributed by atoms with van der Waals surface area (Å²) in [6.07, 6.45) is 2.39. The van der Waals surface area contributed by atoms with Gasteiger partial charge in [0.15, 0.2) is 0 Å². The van der Waals surface area contributed by atoms with Gasteiger partial charge in [-0.2, -0.15) is 5.21 Å². The molecule has 0 saturated carbocycles. The Hall–Kier alpha value is -4.42. The van der Waals surface area contributed by atoms with E-state index < -0.39 is 9.84 Å². The standard InChI is InChI=1S/C28H27ClN8O3S/c1-2-3-8-25-31-34-28(41(39,40)18-20-9-13-21(29)14-10-20)37(25)17-19-11-15-22(16-12-19)30-27(38)24-7-5-4-6-23(24)26-32-35-36-33-26/h4-7,9-16H,2-3,8,17-18H2,1H3,(H,30,38)(H,32,33,35,36). The molecule has 2 heterocycles. The number of nitrogens with zero attached hydrogens (tertiary/aromatic N) is 6. The summed E-state index contributed by atoms with van der Waals surface area (Å²) in [7, 11) is -3.79. The maximum absolute atomic E-state index is 13.4. The van der Waals surface area contributed by atoms with Gasteiger partial charge in [-0.15, -0.1) is 20.4 Å². The highest BCUT2D eigenvalue weighted by Crippen LogP contribution is 2.23. The summed E-state index contributed by atoms with van der Waals surface area (Å²) in [5, 5.41) is 25.6. The van der Waals surface area contributed by atoms with Crippen molar-refractivity contribution in [3.05, 3.63) is 100 Å². The van der Waals surface area contributed by atoms with Gasteiger partial charge < -0.3 is 5.32 Å². The minimum Gasteiger partial charge on any atom is -0.322 e. The molecule has 0 aliphatic carbocycles. The van der Waals surface area contributed by atoms with Crippen LogP contribution in [-0.4, -0.2) is 49.7 Å². The number of carbonyl (C=O) groups excluding carboxylic acids is 1. The number of halogens is 1. The summed E-state index contributed by atoms with van der Waals surface area (Å²) < 4.78 is 28.4. The van der Waals surface area contributed by atoms with Crippen molar-refractivity contribution in [1.29, 1.82) is 0 Å². The first-order valence-corrected chi connectivity index (χ1v) is 15.0. The zero-order valence-corrected chi connectivity index (χ0v) is 23.7. The number of H-pyrrole nitrogens is 1. The van der Waals surface area contributed by atoms with Crippen LogP contribution in [0.25, 0.3) is 11.4 Å². The molecular formula is C28H27ClN8O3S. The van der Waals surface area contributed by atoms with Gasteiger partial charge in [0.25, 0.3) is 5.91 Å². The van der Waals surface area contributed by atoms with Gasteiger partial charge in [0, 0.05) is 22.7 Å². The van der Waals surface area contributed by atoms with Crippen LogP contribution in [0.15, 0.2) is 78.0 Å².